The van der Waals surface area contributed by atoms with E-state index in [0.29, 0.717) is 0 Å². The molecule has 1 aliphatic carbocycles. The predicted molar refractivity (Wildman–Crippen MR) is 270 cm³/mol. The molecule has 0 amide bonds. The summed E-state index contributed by atoms with van der Waals surface area (Å²) < 4.78 is 0. The molecule has 0 bridgehead atoms. The van der Waals surface area contributed by atoms with Gasteiger partial charge in [-0.05, 0) is 131 Å². The van der Waals surface area contributed by atoms with Crippen LogP contribution in [-0.2, 0) is 0 Å². The smallest absolute Gasteiger partial charge is 0.0537 e. The number of hydrogen-bond acceptors (Lipinski definition) is 1. The lowest BCUT2D eigenvalue weighted by molar-refractivity contribution is 1.03. The molecule has 0 saturated heterocycles. The van der Waals surface area contributed by atoms with Crippen LogP contribution in [0, 0.1) is 0 Å². The van der Waals surface area contributed by atoms with Crippen LogP contribution in [0.1, 0.15) is 12.8 Å². The lowest BCUT2D eigenvalue weighted by atomic mass is 9.81. The summed E-state index contributed by atoms with van der Waals surface area (Å²) in [6.07, 6.45) is 4.36. The van der Waals surface area contributed by atoms with Crippen LogP contribution in [0.4, 0.5) is 11.4 Å². The first-order chi connectivity index (χ1) is 31.3. The molecule has 11 aromatic rings. The predicted octanol–water partition coefficient (Wildman–Crippen LogP) is 15.5. The van der Waals surface area contributed by atoms with Crippen molar-refractivity contribution in [2.75, 3.05) is 4.90 Å². The Balaban J connectivity index is 1.09. The maximum absolute atomic E-state index is 2.51. The second-order valence-electron chi connectivity index (χ2n) is 16.7. The van der Waals surface area contributed by atoms with Crippen molar-refractivity contribution < 1.29 is 0 Å². The number of benzene rings is 11. The molecular weight excluding hydrogens is 759 g/mol. The maximum atomic E-state index is 2.51. The molecule has 0 aromatic heterocycles. The third-order valence-corrected chi connectivity index (χ3v) is 13.1. The van der Waals surface area contributed by atoms with E-state index in [2.05, 4.69) is 241 Å². The Morgan fingerprint density at radius 1 is 0.349 bits per heavy atom. The van der Waals surface area contributed by atoms with E-state index in [1.165, 1.54) is 109 Å². The summed E-state index contributed by atoms with van der Waals surface area (Å²) >= 11 is 0. The van der Waals surface area contributed by atoms with E-state index in [0.717, 1.165) is 18.5 Å². The fourth-order valence-electron chi connectivity index (χ4n) is 10.2. The lowest BCUT2D eigenvalue weighted by Gasteiger charge is -2.30. The molecule has 0 aliphatic heterocycles. The van der Waals surface area contributed by atoms with Crippen LogP contribution in [0.5, 0.6) is 0 Å². The van der Waals surface area contributed by atoms with Gasteiger partial charge in [0, 0.05) is 22.0 Å². The van der Waals surface area contributed by atoms with Gasteiger partial charge in [0.2, 0.25) is 0 Å². The van der Waals surface area contributed by atoms with Crippen LogP contribution < -0.4 is 15.3 Å². The third-order valence-electron chi connectivity index (χ3n) is 13.1. The lowest BCUT2D eigenvalue weighted by Crippen LogP contribution is -2.35. The molecule has 11 aromatic carbocycles. The number of fused-ring (bicyclic) bond motifs is 8. The van der Waals surface area contributed by atoms with Crippen molar-refractivity contribution in [3.63, 3.8) is 0 Å². The largest absolute Gasteiger partial charge is 0.313 e. The van der Waals surface area contributed by atoms with Gasteiger partial charge in [-0.15, -0.1) is 0 Å². The van der Waals surface area contributed by atoms with Gasteiger partial charge in [-0.2, -0.15) is 0 Å². The van der Waals surface area contributed by atoms with Gasteiger partial charge >= 0.3 is 0 Å². The number of nitrogens with zero attached hydrogens (tertiary/aromatic N) is 1. The fourth-order valence-corrected chi connectivity index (χ4v) is 10.2. The van der Waals surface area contributed by atoms with Crippen LogP contribution in [0.25, 0.3) is 99.4 Å². The molecule has 0 saturated carbocycles. The van der Waals surface area contributed by atoms with E-state index >= 15 is 0 Å². The molecule has 0 radical (unpaired) electrons. The molecule has 0 spiro atoms. The van der Waals surface area contributed by atoms with Gasteiger partial charge in [-0.3, -0.25) is 0 Å². The average Bonchev–Trinajstić information content (AvgIpc) is 3.37. The molecule has 296 valence electrons. The van der Waals surface area contributed by atoms with Crippen molar-refractivity contribution in [2.45, 2.75) is 12.8 Å². The van der Waals surface area contributed by atoms with Gasteiger partial charge in [0.15, 0.2) is 0 Å². The molecule has 1 heteroatoms. The van der Waals surface area contributed by atoms with Gasteiger partial charge in [-0.1, -0.05) is 206 Å². The summed E-state index contributed by atoms with van der Waals surface area (Å²) in [7, 11) is 0. The highest BCUT2D eigenvalue weighted by Crippen LogP contribution is 2.49. The fraction of sp³-hybridized carbons (Fsp3) is 0.0323. The minimum atomic E-state index is 0.969. The van der Waals surface area contributed by atoms with Crippen molar-refractivity contribution in [2.24, 2.45) is 0 Å². The zero-order valence-corrected chi connectivity index (χ0v) is 34.9. The summed E-state index contributed by atoms with van der Waals surface area (Å²) in [4.78, 5) is 2.51. The first-order valence-electron chi connectivity index (χ1n) is 22.1. The maximum Gasteiger partial charge on any atom is 0.0537 e. The summed E-state index contributed by atoms with van der Waals surface area (Å²) in [6, 6.07) is 85.0. The minimum absolute atomic E-state index is 0.969. The SMILES string of the molecule is C1=c2ccccc2=C(N(c2ccc(-c3ccc4c(c3)c3ccccc3c3c(-c5ccccc5)cc(-c5ccccc5)c(-c5ccccc5)c43)cc2)c2cccc3ccccc23)CC1. The number of anilines is 2. The molecule has 0 heterocycles. The third kappa shape index (κ3) is 6.32. The molecular formula is C62H43N. The van der Waals surface area contributed by atoms with Crippen LogP contribution in [-0.4, -0.2) is 0 Å². The van der Waals surface area contributed by atoms with Crippen molar-refractivity contribution in [1.82, 2.24) is 0 Å². The van der Waals surface area contributed by atoms with Gasteiger partial charge in [0.1, 0.15) is 0 Å². The Hall–Kier alpha value is -8.00. The number of hydrogen-bond donors (Lipinski definition) is 0. The zero-order valence-electron chi connectivity index (χ0n) is 34.9. The van der Waals surface area contributed by atoms with Gasteiger partial charge in [0.05, 0.1) is 5.69 Å². The first-order valence-corrected chi connectivity index (χ1v) is 22.1. The van der Waals surface area contributed by atoms with Crippen LogP contribution >= 0.6 is 0 Å². The molecule has 0 fully saturated rings. The monoisotopic (exact) mass is 801 g/mol. The quantitative estimate of drug-likeness (QED) is 0.145. The van der Waals surface area contributed by atoms with E-state index < -0.39 is 0 Å². The summed E-state index contributed by atoms with van der Waals surface area (Å²) in [5.74, 6) is 0. The van der Waals surface area contributed by atoms with Crippen molar-refractivity contribution in [1.29, 1.82) is 0 Å². The van der Waals surface area contributed by atoms with E-state index in [9.17, 15) is 0 Å². The molecule has 0 unspecified atom stereocenters. The Morgan fingerprint density at radius 3 is 1.70 bits per heavy atom. The molecule has 63 heavy (non-hydrogen) atoms. The van der Waals surface area contributed by atoms with Crippen LogP contribution in [0.3, 0.4) is 0 Å². The Kier molecular flexibility index (Phi) is 9.04. The van der Waals surface area contributed by atoms with Crippen molar-refractivity contribution >= 4 is 66.2 Å². The van der Waals surface area contributed by atoms with E-state index in [4.69, 9.17) is 0 Å². The molecule has 0 atom stereocenters. The number of rotatable bonds is 7. The van der Waals surface area contributed by atoms with E-state index in [-0.39, 0.29) is 0 Å². The van der Waals surface area contributed by atoms with Crippen molar-refractivity contribution in [3.8, 4) is 44.5 Å². The summed E-state index contributed by atoms with van der Waals surface area (Å²) in [5, 5.41) is 12.7. The minimum Gasteiger partial charge on any atom is -0.313 e. The Morgan fingerprint density at radius 2 is 0.937 bits per heavy atom. The van der Waals surface area contributed by atoms with Crippen molar-refractivity contribution in [3.05, 3.63) is 241 Å². The van der Waals surface area contributed by atoms with Crippen LogP contribution in [0.2, 0.25) is 0 Å². The molecule has 12 rings (SSSR count). The second-order valence-corrected chi connectivity index (χ2v) is 16.7. The standard InChI is InChI=1S/C62H43N/c1-4-18-45(19-5-1)55-41-56(46-20-6-2-7-21-46)61-53-31-15-14-30-52(53)57-40-48(36-39-54(57)62(61)60(55)47-24-8-3-9-25-47)42-34-37-49(38-35-42)63(58-32-16-26-43-22-10-12-28-50(43)58)59-33-17-27-44-23-11-13-29-51(44)59/h1-16,18-32,34-41H,17,33H2. The Labute approximate surface area is 367 Å². The van der Waals surface area contributed by atoms with Gasteiger partial charge in [-0.25, -0.2) is 0 Å². The highest BCUT2D eigenvalue weighted by Gasteiger charge is 2.23. The normalized spacial score (nSPS) is 12.4. The van der Waals surface area contributed by atoms with Gasteiger partial charge < -0.3 is 4.90 Å². The summed E-state index contributed by atoms with van der Waals surface area (Å²) in [5.41, 5.74) is 13.5. The Bertz CT molecular complexity index is 3640. The molecule has 1 nitrogen and oxygen atoms in total. The second kappa shape index (κ2) is 15.5. The highest BCUT2D eigenvalue weighted by atomic mass is 15.2. The summed E-state index contributed by atoms with van der Waals surface area (Å²) in [6.45, 7) is 0. The molecule has 1 aliphatic rings. The van der Waals surface area contributed by atoms with E-state index in [1.807, 2.05) is 0 Å². The topological polar surface area (TPSA) is 3.24 Å². The van der Waals surface area contributed by atoms with Gasteiger partial charge in [0.25, 0.3) is 0 Å². The highest BCUT2D eigenvalue weighted by molar-refractivity contribution is 6.33. The zero-order chi connectivity index (χ0) is 41.7. The van der Waals surface area contributed by atoms with E-state index in [1.54, 1.807) is 0 Å². The average molecular weight is 802 g/mol. The first kappa shape index (κ1) is 36.8. The van der Waals surface area contributed by atoms with Crippen LogP contribution in [0.15, 0.2) is 231 Å². The molecule has 0 N–H and O–H groups in total.